The summed E-state index contributed by atoms with van der Waals surface area (Å²) in [5, 5.41) is 0. The number of nitrogens with zero attached hydrogens (tertiary/aromatic N) is 1. The molecule has 0 radical (unpaired) electrons. The predicted octanol–water partition coefficient (Wildman–Crippen LogP) is 2.27. The molecule has 1 saturated carbocycles. The first-order chi connectivity index (χ1) is 5.08. The van der Waals surface area contributed by atoms with Crippen molar-refractivity contribution in [3.8, 4) is 0 Å². The Morgan fingerprint density at radius 3 is 2.18 bits per heavy atom. The number of hydrogen-bond acceptors (Lipinski definition) is 0. The maximum atomic E-state index is 2.39. The third-order valence-electron chi connectivity index (χ3n) is 3.27. The second kappa shape index (κ2) is 3.14. The fourth-order valence-corrected chi connectivity index (χ4v) is 2.43. The molecule has 1 heteroatoms. The first-order valence-electron chi connectivity index (χ1n) is 4.90. The third kappa shape index (κ3) is 1.76. The number of hydrogen-bond donors (Lipinski definition) is 0. The van der Waals surface area contributed by atoms with Gasteiger partial charge < -0.3 is 4.48 Å². The molecule has 0 aromatic heterocycles. The fraction of sp³-hybridized carbons (Fsp3) is 1.00. The van der Waals surface area contributed by atoms with Crippen molar-refractivity contribution >= 4 is 0 Å². The van der Waals surface area contributed by atoms with Gasteiger partial charge in [0.2, 0.25) is 0 Å². The van der Waals surface area contributed by atoms with Gasteiger partial charge in [0.15, 0.2) is 0 Å². The van der Waals surface area contributed by atoms with E-state index in [9.17, 15) is 0 Å². The van der Waals surface area contributed by atoms with Gasteiger partial charge in [-0.3, -0.25) is 0 Å². The van der Waals surface area contributed by atoms with Gasteiger partial charge >= 0.3 is 0 Å². The zero-order chi connectivity index (χ0) is 8.48. The molecule has 0 saturated heterocycles. The first kappa shape index (κ1) is 9.05. The molecule has 1 aliphatic rings. The van der Waals surface area contributed by atoms with Crippen LogP contribution in [-0.4, -0.2) is 31.2 Å². The molecule has 11 heavy (non-hydrogen) atoms. The van der Waals surface area contributed by atoms with E-state index in [1.165, 1.54) is 30.3 Å². The molecule has 2 atom stereocenters. The minimum absolute atomic E-state index is 0.954. The van der Waals surface area contributed by atoms with E-state index in [4.69, 9.17) is 0 Å². The van der Waals surface area contributed by atoms with E-state index in [0.717, 1.165) is 12.0 Å². The molecule has 0 N–H and O–H groups in total. The lowest BCUT2D eigenvalue weighted by Gasteiger charge is -2.47. The minimum Gasteiger partial charge on any atom is -0.326 e. The van der Waals surface area contributed by atoms with Crippen LogP contribution in [0.2, 0.25) is 0 Å². The summed E-state index contributed by atoms with van der Waals surface area (Å²) in [6, 6.07) is 0.954. The molecule has 0 bridgehead atoms. The minimum atomic E-state index is 0.954. The Labute approximate surface area is 71.0 Å². The summed E-state index contributed by atoms with van der Waals surface area (Å²) < 4.78 is 1.25. The Balaban J connectivity index is 2.43. The smallest absolute Gasteiger partial charge is 0.0912 e. The Morgan fingerprint density at radius 2 is 1.91 bits per heavy atom. The monoisotopic (exact) mass is 156 g/mol. The average molecular weight is 156 g/mol. The van der Waals surface area contributed by atoms with Crippen LogP contribution < -0.4 is 0 Å². The summed E-state index contributed by atoms with van der Waals surface area (Å²) in [5.41, 5.74) is 0. The summed E-state index contributed by atoms with van der Waals surface area (Å²) in [7, 11) is 4.76. The van der Waals surface area contributed by atoms with Crippen LogP contribution in [0.3, 0.4) is 0 Å². The average Bonchev–Trinajstić information content (AvgIpc) is 1.83. The molecule has 1 aliphatic carbocycles. The summed E-state index contributed by atoms with van der Waals surface area (Å²) in [4.78, 5) is 0. The molecule has 0 aromatic carbocycles. The van der Waals surface area contributed by atoms with Gasteiger partial charge in [0.1, 0.15) is 0 Å². The zero-order valence-corrected chi connectivity index (χ0v) is 8.43. The van der Waals surface area contributed by atoms with Crippen LogP contribution >= 0.6 is 0 Å². The van der Waals surface area contributed by atoms with E-state index in [-0.39, 0.29) is 0 Å². The largest absolute Gasteiger partial charge is 0.326 e. The van der Waals surface area contributed by atoms with E-state index in [1.807, 2.05) is 0 Å². The van der Waals surface area contributed by atoms with Gasteiger partial charge in [0, 0.05) is 12.3 Å². The maximum Gasteiger partial charge on any atom is 0.0912 e. The van der Waals surface area contributed by atoms with Gasteiger partial charge in [-0.15, -0.1) is 0 Å². The number of quaternary nitrogens is 1. The van der Waals surface area contributed by atoms with Crippen LogP contribution in [0, 0.1) is 5.92 Å². The van der Waals surface area contributed by atoms with Crippen LogP contribution in [0.1, 0.15) is 33.1 Å². The van der Waals surface area contributed by atoms with Crippen LogP contribution in [0.5, 0.6) is 0 Å². The predicted molar refractivity (Wildman–Crippen MR) is 49.5 cm³/mol. The van der Waals surface area contributed by atoms with Gasteiger partial charge in [-0.2, -0.15) is 0 Å². The number of rotatable bonds is 3. The van der Waals surface area contributed by atoms with Crippen molar-refractivity contribution in [2.75, 3.05) is 20.6 Å². The van der Waals surface area contributed by atoms with Crippen molar-refractivity contribution in [2.45, 2.75) is 39.2 Å². The van der Waals surface area contributed by atoms with E-state index in [0.29, 0.717) is 0 Å². The standard InChI is InChI=1S/C10H22N/c1-5-8-11(3,4)10-7-6-9(10)2/h9-10H,5-8H2,1-4H3/q+1. The Bertz CT molecular complexity index is 129. The summed E-state index contributed by atoms with van der Waals surface area (Å²) in [5.74, 6) is 0.969. The maximum absolute atomic E-state index is 2.39. The molecule has 1 rings (SSSR count). The molecule has 0 aromatic rings. The second-order valence-electron chi connectivity index (χ2n) is 4.62. The third-order valence-corrected chi connectivity index (χ3v) is 3.27. The lowest BCUT2D eigenvalue weighted by atomic mass is 9.79. The lowest BCUT2D eigenvalue weighted by molar-refractivity contribution is -0.925. The highest BCUT2D eigenvalue weighted by Gasteiger charge is 2.39. The lowest BCUT2D eigenvalue weighted by Crippen LogP contribution is -2.56. The quantitative estimate of drug-likeness (QED) is 0.550. The second-order valence-corrected chi connectivity index (χ2v) is 4.62. The molecule has 1 nitrogen and oxygen atoms in total. The fourth-order valence-electron chi connectivity index (χ4n) is 2.43. The van der Waals surface area contributed by atoms with Crippen molar-refractivity contribution in [1.82, 2.24) is 0 Å². The van der Waals surface area contributed by atoms with Crippen molar-refractivity contribution in [3.63, 3.8) is 0 Å². The van der Waals surface area contributed by atoms with Crippen molar-refractivity contribution in [3.05, 3.63) is 0 Å². The van der Waals surface area contributed by atoms with E-state index in [2.05, 4.69) is 27.9 Å². The SMILES string of the molecule is CCC[N+](C)(C)C1CCC1C. The molecule has 0 spiro atoms. The van der Waals surface area contributed by atoms with E-state index >= 15 is 0 Å². The molecule has 0 heterocycles. The van der Waals surface area contributed by atoms with Gasteiger partial charge in [-0.1, -0.05) is 13.8 Å². The molecule has 1 fully saturated rings. The summed E-state index contributed by atoms with van der Waals surface area (Å²) in [6.45, 7) is 6.02. The van der Waals surface area contributed by atoms with E-state index < -0.39 is 0 Å². The van der Waals surface area contributed by atoms with Gasteiger partial charge in [-0.25, -0.2) is 0 Å². The van der Waals surface area contributed by atoms with Gasteiger partial charge in [-0.05, 0) is 12.8 Å². The van der Waals surface area contributed by atoms with Crippen LogP contribution in [0.4, 0.5) is 0 Å². The van der Waals surface area contributed by atoms with Gasteiger partial charge in [0.25, 0.3) is 0 Å². The van der Waals surface area contributed by atoms with Crippen molar-refractivity contribution in [1.29, 1.82) is 0 Å². The highest BCUT2D eigenvalue weighted by molar-refractivity contribution is 4.78. The highest BCUT2D eigenvalue weighted by Crippen LogP contribution is 2.34. The Hall–Kier alpha value is -0.0400. The molecular weight excluding hydrogens is 134 g/mol. The zero-order valence-electron chi connectivity index (χ0n) is 8.43. The Kier molecular flexibility index (Phi) is 2.58. The molecule has 0 amide bonds. The van der Waals surface area contributed by atoms with Crippen LogP contribution in [0.25, 0.3) is 0 Å². The Morgan fingerprint density at radius 1 is 1.27 bits per heavy atom. The first-order valence-corrected chi connectivity index (χ1v) is 4.90. The van der Waals surface area contributed by atoms with Gasteiger partial charge in [0.05, 0.1) is 26.7 Å². The van der Waals surface area contributed by atoms with Crippen LogP contribution in [-0.2, 0) is 0 Å². The molecule has 0 aliphatic heterocycles. The topological polar surface area (TPSA) is 0 Å². The van der Waals surface area contributed by atoms with Crippen molar-refractivity contribution < 1.29 is 4.48 Å². The molecule has 66 valence electrons. The van der Waals surface area contributed by atoms with Crippen molar-refractivity contribution in [2.24, 2.45) is 5.92 Å². The summed E-state index contributed by atoms with van der Waals surface area (Å²) >= 11 is 0. The molecule has 2 unspecified atom stereocenters. The highest BCUT2D eigenvalue weighted by atomic mass is 15.3. The molecular formula is C10H22N+. The normalized spacial score (nSPS) is 31.6. The van der Waals surface area contributed by atoms with Crippen LogP contribution in [0.15, 0.2) is 0 Å². The summed E-state index contributed by atoms with van der Waals surface area (Å²) in [6.07, 6.45) is 4.22. The van der Waals surface area contributed by atoms with E-state index in [1.54, 1.807) is 0 Å².